The molecule has 0 heterocycles. The lowest BCUT2D eigenvalue weighted by Crippen LogP contribution is -2.29. The molecule has 2 rings (SSSR count). The predicted octanol–water partition coefficient (Wildman–Crippen LogP) is 1.68. The van der Waals surface area contributed by atoms with Gasteiger partial charge in [-0.1, -0.05) is 18.2 Å². The van der Waals surface area contributed by atoms with Crippen LogP contribution in [0.2, 0.25) is 0 Å². The molecule has 0 fully saturated rings. The highest BCUT2D eigenvalue weighted by Crippen LogP contribution is 2.19. The van der Waals surface area contributed by atoms with Gasteiger partial charge in [-0.15, -0.1) is 0 Å². The first-order valence-corrected chi connectivity index (χ1v) is 8.48. The molecule has 0 saturated heterocycles. The van der Waals surface area contributed by atoms with Gasteiger partial charge in [0.15, 0.2) is 0 Å². The Morgan fingerprint density at radius 2 is 1.74 bits per heavy atom. The summed E-state index contributed by atoms with van der Waals surface area (Å²) < 4.78 is 10.6. The minimum absolute atomic E-state index is 0.0130. The van der Waals surface area contributed by atoms with E-state index in [0.29, 0.717) is 29.8 Å². The van der Waals surface area contributed by atoms with Crippen LogP contribution in [-0.2, 0) is 4.74 Å². The van der Waals surface area contributed by atoms with Gasteiger partial charge in [-0.25, -0.2) is 4.79 Å². The first-order valence-electron chi connectivity index (χ1n) is 8.48. The van der Waals surface area contributed by atoms with Crippen molar-refractivity contribution >= 4 is 24.2 Å². The van der Waals surface area contributed by atoms with E-state index in [0.717, 1.165) is 12.8 Å². The number of hydrogen-bond donors (Lipinski definition) is 2. The lowest BCUT2D eigenvalue weighted by Gasteiger charge is -2.07. The molecular formula is C18H20BNO7. The average molecular weight is 373 g/mol. The summed E-state index contributed by atoms with van der Waals surface area (Å²) in [5, 5.41) is 28.7. The zero-order chi connectivity index (χ0) is 19.6. The van der Waals surface area contributed by atoms with E-state index >= 15 is 0 Å². The van der Waals surface area contributed by atoms with Crippen LogP contribution >= 0.6 is 0 Å². The molecule has 0 aliphatic rings. The molecule has 0 spiro atoms. The van der Waals surface area contributed by atoms with Crippen LogP contribution in [0.15, 0.2) is 48.5 Å². The number of nitro groups is 1. The first-order chi connectivity index (χ1) is 13.0. The van der Waals surface area contributed by atoms with Gasteiger partial charge in [-0.05, 0) is 42.9 Å². The molecule has 0 unspecified atom stereocenters. The molecule has 0 radical (unpaired) electrons. The SMILES string of the molecule is O=C(OCCCCCOc1cccc([N+](=O)[O-])c1)c1ccc(B(O)O)cc1. The fraction of sp³-hybridized carbons (Fsp3) is 0.278. The zero-order valence-corrected chi connectivity index (χ0v) is 14.6. The maximum absolute atomic E-state index is 11.9. The molecule has 2 aromatic rings. The van der Waals surface area contributed by atoms with E-state index in [1.165, 1.54) is 36.4 Å². The molecule has 142 valence electrons. The van der Waals surface area contributed by atoms with Crippen LogP contribution in [0.25, 0.3) is 0 Å². The summed E-state index contributed by atoms with van der Waals surface area (Å²) in [5.41, 5.74) is 0.629. The molecule has 9 heteroatoms. The van der Waals surface area contributed by atoms with Gasteiger partial charge in [-0.2, -0.15) is 0 Å². The topological polar surface area (TPSA) is 119 Å². The Hall–Kier alpha value is -2.91. The summed E-state index contributed by atoms with van der Waals surface area (Å²) in [4.78, 5) is 22.1. The van der Waals surface area contributed by atoms with Crippen molar-refractivity contribution in [2.75, 3.05) is 13.2 Å². The van der Waals surface area contributed by atoms with Crippen molar-refractivity contribution in [2.45, 2.75) is 19.3 Å². The monoisotopic (exact) mass is 373 g/mol. The highest BCUT2D eigenvalue weighted by Gasteiger charge is 2.12. The minimum Gasteiger partial charge on any atom is -0.493 e. The second-order valence-electron chi connectivity index (χ2n) is 5.80. The zero-order valence-electron chi connectivity index (χ0n) is 14.6. The molecule has 2 N–H and O–H groups in total. The third-order valence-electron chi connectivity index (χ3n) is 3.76. The Morgan fingerprint density at radius 3 is 2.41 bits per heavy atom. The van der Waals surface area contributed by atoms with Crippen molar-refractivity contribution < 1.29 is 29.2 Å². The smallest absolute Gasteiger partial charge is 0.488 e. The molecule has 0 aromatic heterocycles. The van der Waals surface area contributed by atoms with Crippen LogP contribution in [0.3, 0.4) is 0 Å². The van der Waals surface area contributed by atoms with Crippen LogP contribution in [0.5, 0.6) is 5.75 Å². The summed E-state index contributed by atoms with van der Waals surface area (Å²) in [6.07, 6.45) is 2.17. The van der Waals surface area contributed by atoms with Crippen LogP contribution in [0.4, 0.5) is 5.69 Å². The van der Waals surface area contributed by atoms with Gasteiger partial charge in [-0.3, -0.25) is 10.1 Å². The number of unbranched alkanes of at least 4 members (excludes halogenated alkanes) is 2. The summed E-state index contributed by atoms with van der Waals surface area (Å²) >= 11 is 0. The van der Waals surface area contributed by atoms with E-state index in [4.69, 9.17) is 19.5 Å². The Morgan fingerprint density at radius 1 is 1.04 bits per heavy atom. The van der Waals surface area contributed by atoms with E-state index in [1.807, 2.05) is 0 Å². The van der Waals surface area contributed by atoms with Gasteiger partial charge in [0, 0.05) is 6.07 Å². The Bertz CT molecular complexity index is 765. The van der Waals surface area contributed by atoms with E-state index in [9.17, 15) is 14.9 Å². The standard InChI is InChI=1S/C18H20BNO7/c21-18(14-7-9-15(10-8-14)19(22)23)27-12-3-1-2-11-26-17-6-4-5-16(13-17)20(24)25/h4-10,13,22-23H,1-3,11-12H2. The Balaban J connectivity index is 1.61. The molecule has 0 atom stereocenters. The summed E-state index contributed by atoms with van der Waals surface area (Å²) in [6, 6.07) is 11.9. The van der Waals surface area contributed by atoms with Gasteiger partial charge < -0.3 is 19.5 Å². The van der Waals surface area contributed by atoms with E-state index < -0.39 is 18.0 Å². The van der Waals surface area contributed by atoms with Gasteiger partial charge in [0.05, 0.1) is 29.8 Å². The number of carbonyl (C=O) groups is 1. The Kier molecular flexibility index (Phi) is 7.78. The number of esters is 1. The number of benzene rings is 2. The van der Waals surface area contributed by atoms with Crippen molar-refractivity contribution in [3.63, 3.8) is 0 Å². The van der Waals surface area contributed by atoms with E-state index in [2.05, 4.69) is 0 Å². The van der Waals surface area contributed by atoms with Crippen molar-refractivity contribution in [2.24, 2.45) is 0 Å². The fourth-order valence-electron chi connectivity index (χ4n) is 2.30. The number of non-ortho nitro benzene ring substituents is 1. The van der Waals surface area contributed by atoms with Crippen molar-refractivity contribution in [1.29, 1.82) is 0 Å². The predicted molar refractivity (Wildman–Crippen MR) is 99.0 cm³/mol. The van der Waals surface area contributed by atoms with Gasteiger partial charge in [0.1, 0.15) is 5.75 Å². The largest absolute Gasteiger partial charge is 0.493 e. The van der Waals surface area contributed by atoms with Crippen molar-refractivity contribution in [3.8, 4) is 5.75 Å². The number of carbonyl (C=O) groups excluding carboxylic acids is 1. The molecule has 27 heavy (non-hydrogen) atoms. The van der Waals surface area contributed by atoms with E-state index in [-0.39, 0.29) is 12.3 Å². The summed E-state index contributed by atoms with van der Waals surface area (Å²) in [6.45, 7) is 0.681. The normalized spacial score (nSPS) is 10.3. The highest BCUT2D eigenvalue weighted by molar-refractivity contribution is 6.58. The molecule has 0 aliphatic heterocycles. The molecule has 0 aliphatic carbocycles. The fourth-order valence-corrected chi connectivity index (χ4v) is 2.30. The van der Waals surface area contributed by atoms with Crippen LogP contribution in [-0.4, -0.2) is 41.3 Å². The quantitative estimate of drug-likeness (QED) is 0.214. The number of ether oxygens (including phenoxy) is 2. The minimum atomic E-state index is -1.57. The molecule has 0 saturated carbocycles. The Labute approximate surface area is 156 Å². The highest BCUT2D eigenvalue weighted by atomic mass is 16.6. The van der Waals surface area contributed by atoms with Crippen LogP contribution < -0.4 is 10.2 Å². The maximum atomic E-state index is 11.9. The average Bonchev–Trinajstić information content (AvgIpc) is 2.67. The summed E-state index contributed by atoms with van der Waals surface area (Å²) in [5.74, 6) is -0.0195. The molecule has 0 bridgehead atoms. The number of nitrogens with zero attached hydrogens (tertiary/aromatic N) is 1. The van der Waals surface area contributed by atoms with Crippen molar-refractivity contribution in [1.82, 2.24) is 0 Å². The molecule has 8 nitrogen and oxygen atoms in total. The molecular weight excluding hydrogens is 353 g/mol. The third kappa shape index (κ3) is 6.72. The van der Waals surface area contributed by atoms with Gasteiger partial charge in [0.2, 0.25) is 0 Å². The second kappa shape index (κ2) is 10.3. The number of rotatable bonds is 10. The molecule has 0 amide bonds. The maximum Gasteiger partial charge on any atom is 0.488 e. The second-order valence-corrected chi connectivity index (χ2v) is 5.80. The number of nitro benzene ring substituents is 1. The molecule has 2 aromatic carbocycles. The van der Waals surface area contributed by atoms with Crippen LogP contribution in [0.1, 0.15) is 29.6 Å². The third-order valence-corrected chi connectivity index (χ3v) is 3.76. The first kappa shape index (κ1) is 20.4. The van der Waals surface area contributed by atoms with Crippen molar-refractivity contribution in [3.05, 3.63) is 64.2 Å². The van der Waals surface area contributed by atoms with Gasteiger partial charge >= 0.3 is 13.1 Å². The summed E-state index contributed by atoms with van der Waals surface area (Å²) in [7, 11) is -1.57. The number of hydrogen-bond acceptors (Lipinski definition) is 7. The lowest BCUT2D eigenvalue weighted by atomic mass is 9.80. The lowest BCUT2D eigenvalue weighted by molar-refractivity contribution is -0.384. The van der Waals surface area contributed by atoms with Crippen LogP contribution in [0, 0.1) is 10.1 Å². The van der Waals surface area contributed by atoms with Gasteiger partial charge in [0.25, 0.3) is 5.69 Å². The van der Waals surface area contributed by atoms with E-state index in [1.54, 1.807) is 12.1 Å².